The maximum atomic E-state index is 5.71. The molecule has 2 N–H and O–H groups in total. The summed E-state index contributed by atoms with van der Waals surface area (Å²) in [5.41, 5.74) is 6.82. The van der Waals surface area contributed by atoms with E-state index in [1.807, 2.05) is 12.1 Å². The van der Waals surface area contributed by atoms with Gasteiger partial charge in [-0.25, -0.2) is 4.98 Å². The van der Waals surface area contributed by atoms with Crippen molar-refractivity contribution in [2.24, 2.45) is 5.92 Å². The lowest BCUT2D eigenvalue weighted by atomic mass is 10.0. The van der Waals surface area contributed by atoms with Crippen molar-refractivity contribution in [3.63, 3.8) is 0 Å². The molecule has 1 aromatic rings. The molecule has 1 heterocycles. The second kappa shape index (κ2) is 4.82. The van der Waals surface area contributed by atoms with Crippen molar-refractivity contribution in [3.8, 4) is 0 Å². The van der Waals surface area contributed by atoms with Gasteiger partial charge in [0.25, 0.3) is 0 Å². The zero-order valence-corrected chi connectivity index (χ0v) is 8.16. The Morgan fingerprint density at radius 3 is 3.00 bits per heavy atom. The van der Waals surface area contributed by atoms with Crippen LogP contribution in [0.5, 0.6) is 0 Å². The van der Waals surface area contributed by atoms with Gasteiger partial charge in [0.15, 0.2) is 0 Å². The Morgan fingerprint density at radius 2 is 2.38 bits per heavy atom. The fourth-order valence-corrected chi connectivity index (χ4v) is 1.34. The zero-order chi connectivity index (χ0) is 9.68. The van der Waals surface area contributed by atoms with Crippen molar-refractivity contribution < 1.29 is 4.74 Å². The lowest BCUT2D eigenvalue weighted by molar-refractivity contribution is 0.160. The van der Waals surface area contributed by atoms with E-state index in [0.29, 0.717) is 11.7 Å². The van der Waals surface area contributed by atoms with Crippen LogP contribution in [0.25, 0.3) is 0 Å². The summed E-state index contributed by atoms with van der Waals surface area (Å²) < 4.78 is 5.05. The Hall–Kier alpha value is -1.09. The van der Waals surface area contributed by atoms with Gasteiger partial charge in [-0.2, -0.15) is 0 Å². The van der Waals surface area contributed by atoms with Crippen molar-refractivity contribution in [2.75, 3.05) is 19.5 Å². The number of anilines is 1. The van der Waals surface area contributed by atoms with Crippen molar-refractivity contribution in [1.29, 1.82) is 0 Å². The third-order valence-corrected chi connectivity index (χ3v) is 1.95. The SMILES string of the molecule is COCC(C)Cc1cccnc1N. The Labute approximate surface area is 78.9 Å². The first-order valence-electron chi connectivity index (χ1n) is 4.42. The van der Waals surface area contributed by atoms with Crippen LogP contribution in [0.4, 0.5) is 5.82 Å². The highest BCUT2D eigenvalue weighted by Crippen LogP contribution is 2.13. The van der Waals surface area contributed by atoms with Crippen LogP contribution < -0.4 is 5.73 Å². The topological polar surface area (TPSA) is 48.1 Å². The van der Waals surface area contributed by atoms with E-state index in [1.54, 1.807) is 13.3 Å². The molecule has 0 aliphatic rings. The molecule has 0 radical (unpaired) electrons. The number of pyridine rings is 1. The number of nitrogen functional groups attached to an aromatic ring is 1. The number of hydrogen-bond acceptors (Lipinski definition) is 3. The first-order valence-corrected chi connectivity index (χ1v) is 4.42. The predicted molar refractivity (Wildman–Crippen MR) is 53.4 cm³/mol. The maximum absolute atomic E-state index is 5.71. The van der Waals surface area contributed by atoms with Gasteiger partial charge in [0, 0.05) is 19.9 Å². The molecule has 3 nitrogen and oxygen atoms in total. The molecule has 1 aromatic heterocycles. The fourth-order valence-electron chi connectivity index (χ4n) is 1.34. The Balaban J connectivity index is 2.58. The Bertz CT molecular complexity index is 263. The fraction of sp³-hybridized carbons (Fsp3) is 0.500. The van der Waals surface area contributed by atoms with Gasteiger partial charge in [-0.15, -0.1) is 0 Å². The second-order valence-electron chi connectivity index (χ2n) is 3.31. The highest BCUT2D eigenvalue weighted by molar-refractivity contribution is 5.38. The third kappa shape index (κ3) is 3.03. The second-order valence-corrected chi connectivity index (χ2v) is 3.31. The van der Waals surface area contributed by atoms with Gasteiger partial charge in [0.05, 0.1) is 0 Å². The van der Waals surface area contributed by atoms with Crippen molar-refractivity contribution >= 4 is 5.82 Å². The van der Waals surface area contributed by atoms with E-state index in [9.17, 15) is 0 Å². The van der Waals surface area contributed by atoms with Crippen LogP contribution in [0.1, 0.15) is 12.5 Å². The van der Waals surface area contributed by atoms with Gasteiger partial charge in [0.2, 0.25) is 0 Å². The standard InChI is InChI=1S/C10H16N2O/c1-8(7-13-2)6-9-4-3-5-12-10(9)11/h3-5,8H,6-7H2,1-2H3,(H2,11,12). The largest absolute Gasteiger partial charge is 0.384 e. The number of nitrogens with zero attached hydrogens (tertiary/aromatic N) is 1. The van der Waals surface area contributed by atoms with Gasteiger partial charge in [-0.1, -0.05) is 13.0 Å². The molecule has 72 valence electrons. The first-order chi connectivity index (χ1) is 6.24. The van der Waals surface area contributed by atoms with E-state index in [1.165, 1.54) is 0 Å². The zero-order valence-electron chi connectivity index (χ0n) is 8.16. The van der Waals surface area contributed by atoms with E-state index < -0.39 is 0 Å². The summed E-state index contributed by atoms with van der Waals surface area (Å²) in [5.74, 6) is 1.11. The first kappa shape index (κ1) is 9.99. The molecule has 0 amide bonds. The third-order valence-electron chi connectivity index (χ3n) is 1.95. The summed E-state index contributed by atoms with van der Waals surface area (Å²) in [6, 6.07) is 3.92. The molecule has 0 saturated heterocycles. The molecule has 0 saturated carbocycles. The number of aromatic nitrogens is 1. The van der Waals surface area contributed by atoms with Crippen LogP contribution in [-0.2, 0) is 11.2 Å². The van der Waals surface area contributed by atoms with E-state index in [4.69, 9.17) is 10.5 Å². The normalized spacial score (nSPS) is 12.8. The molecule has 0 spiro atoms. The lowest BCUT2D eigenvalue weighted by Gasteiger charge is -2.10. The molecule has 0 aliphatic heterocycles. The van der Waals surface area contributed by atoms with Gasteiger partial charge >= 0.3 is 0 Å². The van der Waals surface area contributed by atoms with E-state index in [0.717, 1.165) is 18.6 Å². The summed E-state index contributed by atoms with van der Waals surface area (Å²) in [6.45, 7) is 2.89. The molecule has 0 aromatic carbocycles. The minimum absolute atomic E-state index is 0.483. The predicted octanol–water partition coefficient (Wildman–Crippen LogP) is 1.49. The molecule has 1 unspecified atom stereocenters. The van der Waals surface area contributed by atoms with E-state index in [-0.39, 0.29) is 0 Å². The van der Waals surface area contributed by atoms with Gasteiger partial charge in [-0.3, -0.25) is 0 Å². The molecule has 3 heteroatoms. The maximum Gasteiger partial charge on any atom is 0.126 e. The number of methoxy groups -OCH3 is 1. The van der Waals surface area contributed by atoms with E-state index >= 15 is 0 Å². The summed E-state index contributed by atoms with van der Waals surface area (Å²) in [5, 5.41) is 0. The van der Waals surface area contributed by atoms with Gasteiger partial charge in [0.1, 0.15) is 5.82 Å². The van der Waals surface area contributed by atoms with E-state index in [2.05, 4.69) is 11.9 Å². The Kier molecular flexibility index (Phi) is 3.71. The minimum Gasteiger partial charge on any atom is -0.384 e. The molecule has 0 bridgehead atoms. The average Bonchev–Trinajstić information content (AvgIpc) is 2.09. The van der Waals surface area contributed by atoms with Crippen molar-refractivity contribution in [2.45, 2.75) is 13.3 Å². The van der Waals surface area contributed by atoms with Crippen LogP contribution >= 0.6 is 0 Å². The minimum atomic E-state index is 0.483. The van der Waals surface area contributed by atoms with Crippen LogP contribution in [0.2, 0.25) is 0 Å². The summed E-state index contributed by atoms with van der Waals surface area (Å²) in [6.07, 6.45) is 2.63. The lowest BCUT2D eigenvalue weighted by Crippen LogP contribution is -2.09. The summed E-state index contributed by atoms with van der Waals surface area (Å²) in [4.78, 5) is 4.03. The molecule has 0 fully saturated rings. The molecule has 1 rings (SSSR count). The van der Waals surface area contributed by atoms with Crippen molar-refractivity contribution in [3.05, 3.63) is 23.9 Å². The van der Waals surface area contributed by atoms with Crippen molar-refractivity contribution in [1.82, 2.24) is 4.98 Å². The van der Waals surface area contributed by atoms with Crippen LogP contribution in [0, 0.1) is 5.92 Å². The van der Waals surface area contributed by atoms with Gasteiger partial charge in [-0.05, 0) is 24.0 Å². The van der Waals surface area contributed by atoms with Crippen LogP contribution in [0.15, 0.2) is 18.3 Å². The number of hydrogen-bond donors (Lipinski definition) is 1. The average molecular weight is 180 g/mol. The summed E-state index contributed by atoms with van der Waals surface area (Å²) >= 11 is 0. The molecule has 13 heavy (non-hydrogen) atoms. The van der Waals surface area contributed by atoms with Crippen LogP contribution in [-0.4, -0.2) is 18.7 Å². The highest BCUT2D eigenvalue weighted by Gasteiger charge is 2.05. The highest BCUT2D eigenvalue weighted by atomic mass is 16.5. The quantitative estimate of drug-likeness (QED) is 0.763. The number of ether oxygens (including phenoxy) is 1. The molecule has 0 aliphatic carbocycles. The Morgan fingerprint density at radius 1 is 1.62 bits per heavy atom. The number of nitrogens with two attached hydrogens (primary N) is 1. The van der Waals surface area contributed by atoms with Gasteiger partial charge < -0.3 is 10.5 Å². The molecular weight excluding hydrogens is 164 g/mol. The molecular formula is C10H16N2O. The smallest absolute Gasteiger partial charge is 0.126 e. The molecule has 1 atom stereocenters. The number of rotatable bonds is 4. The van der Waals surface area contributed by atoms with Crippen LogP contribution in [0.3, 0.4) is 0 Å². The monoisotopic (exact) mass is 180 g/mol. The summed E-state index contributed by atoms with van der Waals surface area (Å²) in [7, 11) is 1.71.